The molecule has 0 saturated heterocycles. The molecule has 0 aliphatic heterocycles. The number of benzene rings is 1. The summed E-state index contributed by atoms with van der Waals surface area (Å²) in [7, 11) is 0. The zero-order valence-corrected chi connectivity index (χ0v) is 11.9. The Bertz CT molecular complexity index is 394. The van der Waals surface area contributed by atoms with E-state index in [1.807, 2.05) is 0 Å². The van der Waals surface area contributed by atoms with Gasteiger partial charge in [-0.3, -0.25) is 4.90 Å². The Morgan fingerprint density at radius 3 is 2.56 bits per heavy atom. The molecule has 0 heterocycles. The average molecular weight is 246 g/mol. The summed E-state index contributed by atoms with van der Waals surface area (Å²) in [6.45, 7) is 9.76. The molecule has 0 bridgehead atoms. The van der Waals surface area contributed by atoms with Gasteiger partial charge in [0.1, 0.15) is 0 Å². The lowest BCUT2D eigenvalue weighted by molar-refractivity contribution is 0.225. The van der Waals surface area contributed by atoms with Crippen LogP contribution in [-0.4, -0.2) is 17.5 Å². The molecule has 0 atom stereocenters. The summed E-state index contributed by atoms with van der Waals surface area (Å²) in [6, 6.07) is 7.49. The third-order valence-corrected chi connectivity index (χ3v) is 3.68. The Morgan fingerprint density at radius 2 is 2.06 bits per heavy atom. The van der Waals surface area contributed by atoms with Crippen molar-refractivity contribution in [2.75, 3.05) is 6.54 Å². The van der Waals surface area contributed by atoms with Crippen molar-refractivity contribution in [3.05, 3.63) is 34.9 Å². The highest BCUT2D eigenvalue weighted by Gasteiger charge is 2.29. The number of nitrogens with zero attached hydrogens (tertiary/aromatic N) is 1. The maximum atomic E-state index is 5.68. The fourth-order valence-electron chi connectivity index (χ4n) is 2.53. The topological polar surface area (TPSA) is 29.3 Å². The molecule has 1 aliphatic carbocycles. The molecular weight excluding hydrogens is 220 g/mol. The Hall–Kier alpha value is -0.860. The molecule has 0 unspecified atom stereocenters. The van der Waals surface area contributed by atoms with E-state index in [4.69, 9.17) is 5.73 Å². The van der Waals surface area contributed by atoms with Crippen LogP contribution in [0, 0.1) is 12.8 Å². The van der Waals surface area contributed by atoms with Gasteiger partial charge in [-0.05, 0) is 42.4 Å². The summed E-state index contributed by atoms with van der Waals surface area (Å²) in [6.07, 6.45) is 2.76. The molecular formula is C16H26N2. The lowest BCUT2D eigenvalue weighted by Gasteiger charge is -2.25. The van der Waals surface area contributed by atoms with Gasteiger partial charge in [-0.25, -0.2) is 0 Å². The molecule has 2 heteroatoms. The number of hydrogen-bond donors (Lipinski definition) is 1. The van der Waals surface area contributed by atoms with Crippen molar-refractivity contribution in [2.24, 2.45) is 11.7 Å². The third-order valence-electron chi connectivity index (χ3n) is 3.68. The van der Waals surface area contributed by atoms with Gasteiger partial charge in [-0.15, -0.1) is 0 Å². The van der Waals surface area contributed by atoms with Crippen LogP contribution in [0.4, 0.5) is 0 Å². The van der Waals surface area contributed by atoms with E-state index in [1.165, 1.54) is 36.1 Å². The first-order chi connectivity index (χ1) is 8.60. The zero-order chi connectivity index (χ0) is 13.1. The second kappa shape index (κ2) is 5.85. The summed E-state index contributed by atoms with van der Waals surface area (Å²) in [5, 5.41) is 0. The van der Waals surface area contributed by atoms with Crippen molar-refractivity contribution < 1.29 is 0 Å². The van der Waals surface area contributed by atoms with Crippen LogP contribution in [0.5, 0.6) is 0 Å². The van der Waals surface area contributed by atoms with Gasteiger partial charge in [-0.2, -0.15) is 0 Å². The summed E-state index contributed by atoms with van der Waals surface area (Å²) < 4.78 is 0. The number of rotatable bonds is 6. The Morgan fingerprint density at radius 1 is 1.33 bits per heavy atom. The molecule has 2 nitrogen and oxygen atoms in total. The molecule has 2 N–H and O–H groups in total. The van der Waals surface area contributed by atoms with E-state index >= 15 is 0 Å². The maximum Gasteiger partial charge on any atom is 0.0239 e. The van der Waals surface area contributed by atoms with Crippen LogP contribution in [0.3, 0.4) is 0 Å². The molecule has 0 spiro atoms. The lowest BCUT2D eigenvalue weighted by Crippen LogP contribution is -2.29. The monoisotopic (exact) mass is 246 g/mol. The minimum Gasteiger partial charge on any atom is -0.326 e. The number of hydrogen-bond acceptors (Lipinski definition) is 2. The molecule has 1 aromatic rings. The van der Waals surface area contributed by atoms with Crippen LogP contribution in [0.2, 0.25) is 0 Å². The number of aryl methyl sites for hydroxylation is 1. The van der Waals surface area contributed by atoms with Crippen molar-refractivity contribution >= 4 is 0 Å². The van der Waals surface area contributed by atoms with Gasteiger partial charge < -0.3 is 5.73 Å². The fraction of sp³-hybridized carbons (Fsp3) is 0.625. The molecule has 1 fully saturated rings. The van der Waals surface area contributed by atoms with E-state index < -0.39 is 0 Å². The highest BCUT2D eigenvalue weighted by molar-refractivity contribution is 5.31. The van der Waals surface area contributed by atoms with Gasteiger partial charge in [0.15, 0.2) is 0 Å². The second-order valence-electron chi connectivity index (χ2n) is 6.02. The predicted octanol–water partition coefficient (Wildman–Crippen LogP) is 3.07. The highest BCUT2D eigenvalue weighted by atomic mass is 15.2. The molecule has 1 saturated carbocycles. The van der Waals surface area contributed by atoms with Gasteiger partial charge in [0.2, 0.25) is 0 Å². The maximum absolute atomic E-state index is 5.68. The van der Waals surface area contributed by atoms with E-state index in [9.17, 15) is 0 Å². The molecule has 100 valence electrons. The average Bonchev–Trinajstić information content (AvgIpc) is 3.14. The second-order valence-corrected chi connectivity index (χ2v) is 6.02. The summed E-state index contributed by atoms with van der Waals surface area (Å²) in [5.41, 5.74) is 9.76. The van der Waals surface area contributed by atoms with Gasteiger partial charge in [0.25, 0.3) is 0 Å². The van der Waals surface area contributed by atoms with Crippen molar-refractivity contribution in [2.45, 2.75) is 52.7 Å². The SMILES string of the molecule is Cc1cc(CN)ccc1CN(CC(C)C)C1CC1. The van der Waals surface area contributed by atoms with E-state index in [2.05, 4.69) is 43.9 Å². The Kier molecular flexibility index (Phi) is 4.41. The standard InChI is InChI=1S/C16H26N2/c1-12(2)10-18(16-6-7-16)11-15-5-4-14(9-17)8-13(15)3/h4-5,8,12,16H,6-7,9-11,17H2,1-3H3. The van der Waals surface area contributed by atoms with Gasteiger partial charge >= 0.3 is 0 Å². The normalized spacial score (nSPS) is 15.7. The molecule has 0 radical (unpaired) electrons. The summed E-state index contributed by atoms with van der Waals surface area (Å²) >= 11 is 0. The Balaban J connectivity index is 2.06. The third kappa shape index (κ3) is 3.56. The summed E-state index contributed by atoms with van der Waals surface area (Å²) in [4.78, 5) is 2.65. The molecule has 18 heavy (non-hydrogen) atoms. The molecule has 0 amide bonds. The van der Waals surface area contributed by atoms with Crippen molar-refractivity contribution in [3.8, 4) is 0 Å². The van der Waals surface area contributed by atoms with Crippen molar-refractivity contribution in [1.29, 1.82) is 0 Å². The first-order valence-electron chi connectivity index (χ1n) is 7.12. The van der Waals surface area contributed by atoms with E-state index in [1.54, 1.807) is 0 Å². The van der Waals surface area contributed by atoms with Gasteiger partial charge in [0.05, 0.1) is 0 Å². The minimum atomic E-state index is 0.638. The van der Waals surface area contributed by atoms with Crippen LogP contribution in [-0.2, 0) is 13.1 Å². The Labute approximate surface area is 111 Å². The molecule has 1 aromatic carbocycles. The lowest BCUT2D eigenvalue weighted by atomic mass is 10.0. The van der Waals surface area contributed by atoms with Crippen LogP contribution < -0.4 is 5.73 Å². The number of nitrogens with two attached hydrogens (primary N) is 1. The zero-order valence-electron chi connectivity index (χ0n) is 11.9. The largest absolute Gasteiger partial charge is 0.326 e. The van der Waals surface area contributed by atoms with E-state index in [-0.39, 0.29) is 0 Å². The fourth-order valence-corrected chi connectivity index (χ4v) is 2.53. The quantitative estimate of drug-likeness (QED) is 0.836. The smallest absolute Gasteiger partial charge is 0.0239 e. The van der Waals surface area contributed by atoms with Gasteiger partial charge in [-0.1, -0.05) is 32.0 Å². The van der Waals surface area contributed by atoms with E-state index in [0.717, 1.165) is 18.5 Å². The summed E-state index contributed by atoms with van der Waals surface area (Å²) in [5.74, 6) is 0.745. The van der Waals surface area contributed by atoms with Crippen LogP contribution in [0.25, 0.3) is 0 Å². The first-order valence-corrected chi connectivity index (χ1v) is 7.12. The van der Waals surface area contributed by atoms with E-state index in [0.29, 0.717) is 6.54 Å². The van der Waals surface area contributed by atoms with Crippen molar-refractivity contribution in [1.82, 2.24) is 4.90 Å². The first kappa shape index (κ1) is 13.6. The van der Waals surface area contributed by atoms with Crippen LogP contribution in [0.15, 0.2) is 18.2 Å². The predicted molar refractivity (Wildman–Crippen MR) is 77.3 cm³/mol. The van der Waals surface area contributed by atoms with Gasteiger partial charge in [0, 0.05) is 25.7 Å². The van der Waals surface area contributed by atoms with Crippen LogP contribution >= 0.6 is 0 Å². The molecule has 0 aromatic heterocycles. The van der Waals surface area contributed by atoms with Crippen molar-refractivity contribution in [3.63, 3.8) is 0 Å². The van der Waals surface area contributed by atoms with Crippen LogP contribution in [0.1, 0.15) is 43.4 Å². The molecule has 2 rings (SSSR count). The minimum absolute atomic E-state index is 0.638. The molecule has 1 aliphatic rings. The highest BCUT2D eigenvalue weighted by Crippen LogP contribution is 2.29.